The molecule has 2 aromatic rings. The van der Waals surface area contributed by atoms with E-state index in [9.17, 15) is 14.9 Å². The lowest BCUT2D eigenvalue weighted by atomic mass is 9.83. The van der Waals surface area contributed by atoms with Crippen molar-refractivity contribution in [3.8, 4) is 5.75 Å². The Hall–Kier alpha value is -3.65. The number of rotatable bonds is 8. The first-order valence-electron chi connectivity index (χ1n) is 9.89. The molecule has 0 bridgehead atoms. The number of carbonyl (C=O) groups is 1. The van der Waals surface area contributed by atoms with Crippen LogP contribution in [-0.2, 0) is 16.1 Å². The van der Waals surface area contributed by atoms with E-state index in [1.807, 2.05) is 30.3 Å². The molecule has 1 heterocycles. The summed E-state index contributed by atoms with van der Waals surface area (Å²) in [6.07, 6.45) is 0. The van der Waals surface area contributed by atoms with Crippen LogP contribution in [0.1, 0.15) is 30.9 Å². The summed E-state index contributed by atoms with van der Waals surface area (Å²) in [5.74, 6) is -1.14. The van der Waals surface area contributed by atoms with Gasteiger partial charge < -0.3 is 20.5 Å². The van der Waals surface area contributed by atoms with Gasteiger partial charge in [0.25, 0.3) is 5.70 Å². The van der Waals surface area contributed by atoms with Crippen LogP contribution in [-0.4, -0.2) is 24.0 Å². The molecule has 1 aliphatic rings. The highest BCUT2D eigenvalue weighted by Gasteiger charge is 2.42. The normalized spacial score (nSPS) is 16.0. The Morgan fingerprint density at radius 1 is 1.10 bits per heavy atom. The minimum Gasteiger partial charge on any atom is -0.489 e. The molecule has 1 atom stereocenters. The standard InChI is InChI=1S/C23H25N3O5/c1-15-20(23(27)30-13-12-24)21(22(26(28)29)16(2)25-15)18-10-6-7-11-19(18)31-14-17-8-4-3-5-9-17/h3-11,21,25H,12-14,24H2,1-2H3. The second kappa shape index (κ2) is 9.90. The number of nitro groups is 1. The van der Waals surface area contributed by atoms with E-state index in [-0.39, 0.29) is 31.0 Å². The Morgan fingerprint density at radius 3 is 2.45 bits per heavy atom. The number of carbonyl (C=O) groups excluding carboxylic acids is 1. The first-order valence-corrected chi connectivity index (χ1v) is 9.89. The zero-order valence-corrected chi connectivity index (χ0v) is 17.5. The van der Waals surface area contributed by atoms with Crippen molar-refractivity contribution in [2.24, 2.45) is 5.73 Å². The zero-order valence-electron chi connectivity index (χ0n) is 17.5. The SMILES string of the molecule is CC1=C(C(=O)OCCN)C(c2ccccc2OCc2ccccc2)C([N+](=O)[O-])=C(C)N1. The van der Waals surface area contributed by atoms with Crippen LogP contribution in [0.4, 0.5) is 0 Å². The number of dihydropyridines is 1. The first kappa shape index (κ1) is 22.0. The number of esters is 1. The molecule has 1 aliphatic heterocycles. The van der Waals surface area contributed by atoms with Gasteiger partial charge in [-0.2, -0.15) is 0 Å². The Kier molecular flexibility index (Phi) is 7.04. The fourth-order valence-corrected chi connectivity index (χ4v) is 3.61. The van der Waals surface area contributed by atoms with Crippen molar-refractivity contribution < 1.29 is 19.2 Å². The van der Waals surface area contributed by atoms with Crippen LogP contribution in [0.25, 0.3) is 0 Å². The molecule has 2 aromatic carbocycles. The summed E-state index contributed by atoms with van der Waals surface area (Å²) in [6.45, 7) is 3.77. The highest BCUT2D eigenvalue weighted by atomic mass is 16.6. The molecule has 0 fully saturated rings. The van der Waals surface area contributed by atoms with Gasteiger partial charge in [0.05, 0.1) is 16.2 Å². The van der Waals surface area contributed by atoms with E-state index in [0.29, 0.717) is 22.7 Å². The van der Waals surface area contributed by atoms with Gasteiger partial charge in [-0.1, -0.05) is 48.5 Å². The number of nitrogens with one attached hydrogen (secondary N) is 1. The van der Waals surface area contributed by atoms with E-state index in [2.05, 4.69) is 5.32 Å². The molecule has 0 saturated carbocycles. The largest absolute Gasteiger partial charge is 0.489 e. The first-order chi connectivity index (χ1) is 14.9. The van der Waals surface area contributed by atoms with Gasteiger partial charge in [0.15, 0.2) is 0 Å². The van der Waals surface area contributed by atoms with E-state index >= 15 is 0 Å². The van der Waals surface area contributed by atoms with Crippen LogP contribution in [0.3, 0.4) is 0 Å². The van der Waals surface area contributed by atoms with Crippen LogP contribution in [0.15, 0.2) is 77.3 Å². The molecular weight excluding hydrogens is 398 g/mol. The predicted octanol–water partition coefficient (Wildman–Crippen LogP) is 3.24. The van der Waals surface area contributed by atoms with E-state index in [4.69, 9.17) is 15.2 Å². The van der Waals surface area contributed by atoms with Gasteiger partial charge in [-0.3, -0.25) is 10.1 Å². The van der Waals surface area contributed by atoms with Crippen molar-refractivity contribution in [2.45, 2.75) is 26.4 Å². The van der Waals surface area contributed by atoms with E-state index in [0.717, 1.165) is 5.56 Å². The molecule has 0 aliphatic carbocycles. The number of nitrogens with two attached hydrogens (primary N) is 1. The van der Waals surface area contributed by atoms with Crippen molar-refractivity contribution in [2.75, 3.05) is 13.2 Å². The fraction of sp³-hybridized carbons (Fsp3) is 0.261. The monoisotopic (exact) mass is 423 g/mol. The van der Waals surface area contributed by atoms with Gasteiger partial charge >= 0.3 is 5.97 Å². The summed E-state index contributed by atoms with van der Waals surface area (Å²) < 4.78 is 11.3. The van der Waals surface area contributed by atoms with Crippen molar-refractivity contribution in [3.63, 3.8) is 0 Å². The number of hydrogen-bond acceptors (Lipinski definition) is 7. The van der Waals surface area contributed by atoms with Gasteiger partial charge in [-0.25, -0.2) is 4.79 Å². The summed E-state index contributed by atoms with van der Waals surface area (Å²) >= 11 is 0. The minimum atomic E-state index is -0.950. The molecule has 8 heteroatoms. The molecule has 3 rings (SSSR count). The second-order valence-corrected chi connectivity index (χ2v) is 7.10. The highest BCUT2D eigenvalue weighted by Crippen LogP contribution is 2.42. The van der Waals surface area contributed by atoms with Crippen molar-refractivity contribution in [1.82, 2.24) is 5.32 Å². The van der Waals surface area contributed by atoms with Gasteiger partial charge in [-0.05, 0) is 25.5 Å². The summed E-state index contributed by atoms with van der Waals surface area (Å²) in [4.78, 5) is 24.4. The minimum absolute atomic E-state index is 0.0188. The van der Waals surface area contributed by atoms with Gasteiger partial charge in [-0.15, -0.1) is 0 Å². The molecule has 31 heavy (non-hydrogen) atoms. The number of benzene rings is 2. The third-order valence-electron chi connectivity index (χ3n) is 4.96. The maximum Gasteiger partial charge on any atom is 0.337 e. The van der Waals surface area contributed by atoms with E-state index in [1.165, 1.54) is 0 Å². The van der Waals surface area contributed by atoms with Crippen LogP contribution in [0.5, 0.6) is 5.75 Å². The molecule has 0 saturated heterocycles. The Balaban J connectivity index is 2.06. The quantitative estimate of drug-likeness (QED) is 0.380. The zero-order chi connectivity index (χ0) is 22.4. The van der Waals surface area contributed by atoms with Crippen LogP contribution in [0, 0.1) is 10.1 Å². The Morgan fingerprint density at radius 2 is 1.77 bits per heavy atom. The lowest BCUT2D eigenvalue weighted by Crippen LogP contribution is -2.32. The van der Waals surface area contributed by atoms with Gasteiger partial charge in [0, 0.05) is 17.8 Å². The molecule has 1 unspecified atom stereocenters. The maximum atomic E-state index is 12.9. The average Bonchev–Trinajstić information content (AvgIpc) is 2.76. The molecule has 0 aromatic heterocycles. The van der Waals surface area contributed by atoms with E-state index < -0.39 is 16.8 Å². The molecule has 0 amide bonds. The molecule has 3 N–H and O–H groups in total. The summed E-state index contributed by atoms with van der Waals surface area (Å²) in [5.41, 5.74) is 7.83. The molecule has 162 valence electrons. The Labute approximate surface area is 180 Å². The highest BCUT2D eigenvalue weighted by molar-refractivity contribution is 5.92. The maximum absolute atomic E-state index is 12.9. The van der Waals surface area contributed by atoms with E-state index in [1.54, 1.807) is 38.1 Å². The number of ether oxygens (including phenoxy) is 2. The smallest absolute Gasteiger partial charge is 0.337 e. The number of hydrogen-bond donors (Lipinski definition) is 2. The van der Waals surface area contributed by atoms with Crippen LogP contribution in [0.2, 0.25) is 0 Å². The summed E-state index contributed by atoms with van der Waals surface area (Å²) in [7, 11) is 0. The van der Waals surface area contributed by atoms with Crippen LogP contribution < -0.4 is 15.8 Å². The lowest BCUT2D eigenvalue weighted by Gasteiger charge is -2.27. The number of nitrogens with zero attached hydrogens (tertiary/aromatic N) is 1. The second-order valence-electron chi connectivity index (χ2n) is 7.10. The molecule has 8 nitrogen and oxygen atoms in total. The molecular formula is C23H25N3O5. The third-order valence-corrected chi connectivity index (χ3v) is 4.96. The van der Waals surface area contributed by atoms with Crippen molar-refractivity contribution in [1.29, 1.82) is 0 Å². The summed E-state index contributed by atoms with van der Waals surface area (Å²) in [6, 6.07) is 16.6. The summed E-state index contributed by atoms with van der Waals surface area (Å²) in [5, 5.41) is 14.9. The lowest BCUT2D eigenvalue weighted by molar-refractivity contribution is -0.431. The predicted molar refractivity (Wildman–Crippen MR) is 116 cm³/mol. The van der Waals surface area contributed by atoms with Crippen molar-refractivity contribution in [3.05, 3.63) is 98.5 Å². The van der Waals surface area contributed by atoms with Gasteiger partial charge in [0.1, 0.15) is 24.9 Å². The van der Waals surface area contributed by atoms with Crippen molar-refractivity contribution >= 4 is 5.97 Å². The fourth-order valence-electron chi connectivity index (χ4n) is 3.61. The molecule has 0 radical (unpaired) electrons. The molecule has 0 spiro atoms. The third kappa shape index (κ3) is 4.92. The topological polar surface area (TPSA) is 117 Å². The average molecular weight is 423 g/mol. The number of para-hydroxylation sites is 1. The van der Waals surface area contributed by atoms with Crippen LogP contribution >= 0.6 is 0 Å². The Bertz CT molecular complexity index is 1030. The number of allylic oxidation sites excluding steroid dienone is 3. The van der Waals surface area contributed by atoms with Gasteiger partial charge in [0.2, 0.25) is 0 Å².